The van der Waals surface area contributed by atoms with Crippen molar-refractivity contribution < 1.29 is 0 Å². The Labute approximate surface area is 82.2 Å². The number of nitrogens with two attached hydrogens (primary N) is 1. The van der Waals surface area contributed by atoms with E-state index in [1.54, 1.807) is 0 Å². The van der Waals surface area contributed by atoms with Crippen LogP contribution in [0.15, 0.2) is 18.3 Å². The fourth-order valence-corrected chi connectivity index (χ4v) is 1.38. The Hall–Kier alpha value is -1.62. The van der Waals surface area contributed by atoms with Crippen LogP contribution in [-0.4, -0.2) is 33.6 Å². The third-order valence-corrected chi connectivity index (χ3v) is 1.99. The van der Waals surface area contributed by atoms with Crippen molar-refractivity contribution in [2.24, 2.45) is 0 Å². The molecule has 0 saturated heterocycles. The van der Waals surface area contributed by atoms with E-state index >= 15 is 0 Å². The average Bonchev–Trinajstić information content (AvgIpc) is 2.49. The number of fused-ring (bicyclic) bond motifs is 1. The summed E-state index contributed by atoms with van der Waals surface area (Å²) < 4.78 is 1.91. The van der Waals surface area contributed by atoms with Gasteiger partial charge in [0.25, 0.3) is 0 Å². The lowest BCUT2D eigenvalue weighted by Gasteiger charge is -2.07. The highest BCUT2D eigenvalue weighted by atomic mass is 15.3. The van der Waals surface area contributed by atoms with E-state index in [4.69, 9.17) is 5.73 Å². The largest absolute Gasteiger partial charge is 0.396 e. The first-order valence-electron chi connectivity index (χ1n) is 4.41. The Morgan fingerprint density at radius 3 is 2.93 bits per heavy atom. The second-order valence-electron chi connectivity index (χ2n) is 3.51. The highest BCUT2D eigenvalue weighted by Gasteiger charge is 2.07. The van der Waals surface area contributed by atoms with Crippen LogP contribution < -0.4 is 5.73 Å². The summed E-state index contributed by atoms with van der Waals surface area (Å²) >= 11 is 0. The van der Waals surface area contributed by atoms with Crippen LogP contribution in [0, 0.1) is 0 Å². The summed E-state index contributed by atoms with van der Waals surface area (Å²) in [5, 5.41) is 8.12. The van der Waals surface area contributed by atoms with Crippen molar-refractivity contribution in [3.05, 3.63) is 24.2 Å². The zero-order valence-electron chi connectivity index (χ0n) is 8.31. The van der Waals surface area contributed by atoms with Gasteiger partial charge in [0.05, 0.1) is 12.2 Å². The van der Waals surface area contributed by atoms with E-state index in [0.717, 1.165) is 18.0 Å². The minimum absolute atomic E-state index is 0.657. The number of hydrogen-bond acceptors (Lipinski definition) is 4. The molecule has 0 aliphatic heterocycles. The van der Waals surface area contributed by atoms with E-state index in [2.05, 4.69) is 10.2 Å². The van der Waals surface area contributed by atoms with Gasteiger partial charge < -0.3 is 10.6 Å². The number of hydrogen-bond donors (Lipinski definition) is 1. The topological polar surface area (TPSA) is 59.5 Å². The van der Waals surface area contributed by atoms with E-state index in [1.807, 2.05) is 41.7 Å². The average molecular weight is 191 g/mol. The van der Waals surface area contributed by atoms with Crippen LogP contribution in [0.5, 0.6) is 0 Å². The van der Waals surface area contributed by atoms with E-state index < -0.39 is 0 Å². The van der Waals surface area contributed by atoms with Crippen LogP contribution in [0.1, 0.15) is 5.82 Å². The normalized spacial score (nSPS) is 11.4. The molecule has 0 aliphatic carbocycles. The molecule has 0 aliphatic rings. The molecule has 0 unspecified atom stereocenters. The summed E-state index contributed by atoms with van der Waals surface area (Å²) in [5.41, 5.74) is 7.15. The van der Waals surface area contributed by atoms with Gasteiger partial charge in [0, 0.05) is 6.20 Å². The maximum Gasteiger partial charge on any atom is 0.184 e. The van der Waals surface area contributed by atoms with Gasteiger partial charge in [0.1, 0.15) is 0 Å². The number of anilines is 1. The molecule has 0 aromatic carbocycles. The van der Waals surface area contributed by atoms with Crippen LogP contribution >= 0.6 is 0 Å². The van der Waals surface area contributed by atoms with E-state index in [1.165, 1.54) is 0 Å². The summed E-state index contributed by atoms with van der Waals surface area (Å²) in [6.45, 7) is 0.755. The van der Waals surface area contributed by atoms with Crippen molar-refractivity contribution in [1.82, 2.24) is 19.5 Å². The number of rotatable bonds is 2. The molecule has 5 nitrogen and oxygen atoms in total. The minimum atomic E-state index is 0.657. The molecule has 0 amide bonds. The fourth-order valence-electron chi connectivity index (χ4n) is 1.38. The van der Waals surface area contributed by atoms with Gasteiger partial charge >= 0.3 is 0 Å². The Morgan fingerprint density at radius 2 is 2.21 bits per heavy atom. The highest BCUT2D eigenvalue weighted by Crippen LogP contribution is 2.11. The van der Waals surface area contributed by atoms with Crippen molar-refractivity contribution >= 4 is 11.3 Å². The van der Waals surface area contributed by atoms with Crippen molar-refractivity contribution in [2.45, 2.75) is 6.54 Å². The van der Waals surface area contributed by atoms with Crippen LogP contribution in [-0.2, 0) is 6.54 Å². The molecule has 0 atom stereocenters. The van der Waals surface area contributed by atoms with Crippen molar-refractivity contribution in [3.8, 4) is 0 Å². The molecule has 74 valence electrons. The van der Waals surface area contributed by atoms with Gasteiger partial charge in [-0.2, -0.15) is 0 Å². The maximum absolute atomic E-state index is 5.76. The molecular weight excluding hydrogens is 178 g/mol. The molecule has 2 aromatic heterocycles. The number of pyridine rings is 1. The van der Waals surface area contributed by atoms with E-state index in [9.17, 15) is 0 Å². The van der Waals surface area contributed by atoms with Gasteiger partial charge in [0.2, 0.25) is 0 Å². The highest BCUT2D eigenvalue weighted by molar-refractivity contribution is 5.63. The van der Waals surface area contributed by atoms with Crippen molar-refractivity contribution in [1.29, 1.82) is 0 Å². The van der Waals surface area contributed by atoms with Gasteiger partial charge in [-0.15, -0.1) is 10.2 Å². The Bertz CT molecular complexity index is 445. The molecule has 2 aromatic rings. The summed E-state index contributed by atoms with van der Waals surface area (Å²) in [5.74, 6) is 0.900. The predicted octanol–water partition coefficient (Wildman–Crippen LogP) is 0.373. The van der Waals surface area contributed by atoms with Crippen LogP contribution in [0.4, 0.5) is 5.69 Å². The van der Waals surface area contributed by atoms with E-state index in [0.29, 0.717) is 5.69 Å². The molecule has 0 saturated carbocycles. The molecule has 0 fully saturated rings. The van der Waals surface area contributed by atoms with E-state index in [-0.39, 0.29) is 0 Å². The fraction of sp³-hybridized carbons (Fsp3) is 0.333. The van der Waals surface area contributed by atoms with Crippen LogP contribution in [0.3, 0.4) is 0 Å². The van der Waals surface area contributed by atoms with Gasteiger partial charge in [-0.3, -0.25) is 4.40 Å². The second-order valence-corrected chi connectivity index (χ2v) is 3.51. The van der Waals surface area contributed by atoms with Crippen molar-refractivity contribution in [3.63, 3.8) is 0 Å². The SMILES string of the molecule is CN(C)Cc1nnc2c(N)cccn12. The predicted molar refractivity (Wildman–Crippen MR) is 54.8 cm³/mol. The molecule has 2 rings (SSSR count). The lowest BCUT2D eigenvalue weighted by molar-refractivity contribution is 0.388. The lowest BCUT2D eigenvalue weighted by Crippen LogP contribution is -2.13. The molecule has 14 heavy (non-hydrogen) atoms. The smallest absolute Gasteiger partial charge is 0.184 e. The summed E-state index contributed by atoms with van der Waals surface area (Å²) in [4.78, 5) is 2.04. The number of nitrogens with zero attached hydrogens (tertiary/aromatic N) is 4. The molecule has 2 heterocycles. The number of nitrogen functional groups attached to an aromatic ring is 1. The third-order valence-electron chi connectivity index (χ3n) is 1.99. The molecule has 5 heteroatoms. The molecular formula is C9H13N5. The zero-order valence-corrected chi connectivity index (χ0v) is 8.31. The zero-order chi connectivity index (χ0) is 10.1. The summed E-state index contributed by atoms with van der Waals surface area (Å²) in [6.07, 6.45) is 1.92. The van der Waals surface area contributed by atoms with Crippen molar-refractivity contribution in [2.75, 3.05) is 19.8 Å². The van der Waals surface area contributed by atoms with Crippen LogP contribution in [0.2, 0.25) is 0 Å². The Balaban J connectivity index is 2.52. The Kier molecular flexibility index (Phi) is 2.09. The summed E-state index contributed by atoms with van der Waals surface area (Å²) in [6, 6.07) is 3.72. The minimum Gasteiger partial charge on any atom is -0.396 e. The molecule has 0 radical (unpaired) electrons. The van der Waals surface area contributed by atoms with Crippen LogP contribution in [0.25, 0.3) is 5.65 Å². The van der Waals surface area contributed by atoms with Gasteiger partial charge in [0.15, 0.2) is 11.5 Å². The standard InChI is InChI=1S/C9H13N5/c1-13(2)6-8-11-12-9-7(10)4-3-5-14(8)9/h3-5H,6,10H2,1-2H3. The molecule has 2 N–H and O–H groups in total. The second kappa shape index (κ2) is 3.26. The summed E-state index contributed by atoms with van der Waals surface area (Å²) in [7, 11) is 3.99. The molecule has 0 spiro atoms. The first-order chi connectivity index (χ1) is 6.68. The van der Waals surface area contributed by atoms with Gasteiger partial charge in [-0.1, -0.05) is 0 Å². The van der Waals surface area contributed by atoms with Gasteiger partial charge in [-0.05, 0) is 26.2 Å². The number of aromatic nitrogens is 3. The molecule has 0 bridgehead atoms. The van der Waals surface area contributed by atoms with Gasteiger partial charge in [-0.25, -0.2) is 0 Å². The quantitative estimate of drug-likeness (QED) is 0.745. The third kappa shape index (κ3) is 1.42. The monoisotopic (exact) mass is 191 g/mol. The first-order valence-corrected chi connectivity index (χ1v) is 4.41. The first kappa shape index (κ1) is 8.96. The maximum atomic E-state index is 5.76. The Morgan fingerprint density at radius 1 is 1.43 bits per heavy atom. The lowest BCUT2D eigenvalue weighted by atomic mass is 10.4.